The molecule has 1 aliphatic heterocycles. The van der Waals surface area contributed by atoms with Crippen molar-refractivity contribution in [2.75, 3.05) is 40.4 Å². The number of hydrogen-bond acceptors (Lipinski definition) is 3. The lowest BCUT2D eigenvalue weighted by Crippen LogP contribution is -2.44. The van der Waals surface area contributed by atoms with Crippen LogP contribution in [0, 0.1) is 5.41 Å². The highest BCUT2D eigenvalue weighted by molar-refractivity contribution is 4.88. The Hall–Kier alpha value is -0.120. The van der Waals surface area contributed by atoms with Crippen LogP contribution in [0.25, 0.3) is 0 Å². The summed E-state index contributed by atoms with van der Waals surface area (Å²) >= 11 is 0. The molecule has 0 bridgehead atoms. The first-order valence-corrected chi connectivity index (χ1v) is 5.52. The Bertz CT molecular complexity index is 165. The molecule has 0 radical (unpaired) electrons. The zero-order chi connectivity index (χ0) is 10.6. The molecule has 1 unspecified atom stereocenters. The first kappa shape index (κ1) is 12.0. The van der Waals surface area contributed by atoms with Crippen LogP contribution in [-0.2, 0) is 4.74 Å². The summed E-state index contributed by atoms with van der Waals surface area (Å²) < 4.78 is 5.53. The molecule has 3 heteroatoms. The summed E-state index contributed by atoms with van der Waals surface area (Å²) in [6.07, 6.45) is 1.19. The topological polar surface area (TPSA) is 24.5 Å². The number of nitrogens with one attached hydrogen (secondary N) is 1. The van der Waals surface area contributed by atoms with Crippen LogP contribution >= 0.6 is 0 Å². The van der Waals surface area contributed by atoms with Gasteiger partial charge in [-0.1, -0.05) is 0 Å². The summed E-state index contributed by atoms with van der Waals surface area (Å²) in [5.41, 5.74) is 0.341. The largest absolute Gasteiger partial charge is 0.381 e. The third kappa shape index (κ3) is 2.94. The Morgan fingerprint density at radius 1 is 1.50 bits per heavy atom. The fourth-order valence-corrected chi connectivity index (χ4v) is 2.06. The zero-order valence-electron chi connectivity index (χ0n) is 9.97. The van der Waals surface area contributed by atoms with E-state index in [-0.39, 0.29) is 0 Å². The summed E-state index contributed by atoms with van der Waals surface area (Å²) in [5.74, 6) is 0. The van der Waals surface area contributed by atoms with E-state index >= 15 is 0 Å². The Morgan fingerprint density at radius 2 is 2.21 bits per heavy atom. The molecule has 1 fully saturated rings. The Balaban J connectivity index is 2.50. The summed E-state index contributed by atoms with van der Waals surface area (Å²) in [7, 11) is 4.22. The van der Waals surface area contributed by atoms with Crippen molar-refractivity contribution in [2.45, 2.75) is 26.3 Å². The van der Waals surface area contributed by atoms with E-state index in [4.69, 9.17) is 4.74 Å². The number of hydrogen-bond donors (Lipinski definition) is 1. The molecule has 1 aliphatic rings. The van der Waals surface area contributed by atoms with Crippen molar-refractivity contribution in [3.63, 3.8) is 0 Å². The highest BCUT2D eigenvalue weighted by atomic mass is 16.5. The normalized spacial score (nSPS) is 27.9. The van der Waals surface area contributed by atoms with Crippen LogP contribution in [0.1, 0.15) is 20.3 Å². The molecule has 84 valence electrons. The van der Waals surface area contributed by atoms with Crippen molar-refractivity contribution >= 4 is 0 Å². The molecular formula is C11H24N2O. The van der Waals surface area contributed by atoms with E-state index in [1.807, 2.05) is 7.05 Å². The highest BCUT2D eigenvalue weighted by Gasteiger charge is 2.35. The Morgan fingerprint density at radius 3 is 2.64 bits per heavy atom. The molecule has 0 aliphatic carbocycles. The van der Waals surface area contributed by atoms with Gasteiger partial charge in [0.2, 0.25) is 0 Å². The van der Waals surface area contributed by atoms with E-state index in [1.54, 1.807) is 0 Å². The second kappa shape index (κ2) is 5.10. The lowest BCUT2D eigenvalue weighted by atomic mass is 9.86. The van der Waals surface area contributed by atoms with Crippen molar-refractivity contribution in [1.82, 2.24) is 10.2 Å². The van der Waals surface area contributed by atoms with Gasteiger partial charge in [0.25, 0.3) is 0 Å². The van der Waals surface area contributed by atoms with Gasteiger partial charge in [0.15, 0.2) is 0 Å². The summed E-state index contributed by atoms with van der Waals surface area (Å²) in [6.45, 7) is 8.50. The molecule has 14 heavy (non-hydrogen) atoms. The van der Waals surface area contributed by atoms with Gasteiger partial charge in [0.1, 0.15) is 0 Å². The van der Waals surface area contributed by atoms with Crippen LogP contribution in [0.4, 0.5) is 0 Å². The van der Waals surface area contributed by atoms with Gasteiger partial charge in [-0.2, -0.15) is 0 Å². The van der Waals surface area contributed by atoms with Gasteiger partial charge in [-0.05, 0) is 34.4 Å². The van der Waals surface area contributed by atoms with Crippen molar-refractivity contribution in [3.05, 3.63) is 0 Å². The van der Waals surface area contributed by atoms with E-state index in [1.165, 1.54) is 6.42 Å². The molecule has 3 nitrogen and oxygen atoms in total. The fraction of sp³-hybridized carbons (Fsp3) is 1.00. The molecule has 0 aromatic carbocycles. The monoisotopic (exact) mass is 200 g/mol. The minimum Gasteiger partial charge on any atom is -0.381 e. The average molecular weight is 200 g/mol. The lowest BCUT2D eigenvalue weighted by Gasteiger charge is -2.34. The molecule has 1 rings (SSSR count). The highest BCUT2D eigenvalue weighted by Crippen LogP contribution is 2.29. The van der Waals surface area contributed by atoms with Gasteiger partial charge in [-0.25, -0.2) is 0 Å². The smallest absolute Gasteiger partial charge is 0.0547 e. The van der Waals surface area contributed by atoms with Crippen molar-refractivity contribution in [3.8, 4) is 0 Å². The van der Waals surface area contributed by atoms with Gasteiger partial charge in [-0.15, -0.1) is 0 Å². The maximum absolute atomic E-state index is 5.53. The quantitative estimate of drug-likeness (QED) is 0.715. The van der Waals surface area contributed by atoms with Crippen LogP contribution < -0.4 is 5.32 Å². The predicted octanol–water partition coefficient (Wildman–Crippen LogP) is 0.953. The SMILES string of the molecule is CNCC1(CN(C)C(C)C)CCOC1. The molecule has 1 atom stereocenters. The molecule has 0 spiro atoms. The summed E-state index contributed by atoms with van der Waals surface area (Å²) in [5, 5.41) is 3.29. The Labute approximate surface area is 87.8 Å². The molecular weight excluding hydrogens is 176 g/mol. The number of ether oxygens (including phenoxy) is 1. The molecule has 0 aromatic heterocycles. The second-order valence-corrected chi connectivity index (χ2v) is 4.84. The van der Waals surface area contributed by atoms with E-state index in [0.29, 0.717) is 11.5 Å². The van der Waals surface area contributed by atoms with Gasteiger partial charge in [-0.3, -0.25) is 0 Å². The van der Waals surface area contributed by atoms with Crippen LogP contribution in [0.2, 0.25) is 0 Å². The third-order valence-corrected chi connectivity index (χ3v) is 3.20. The molecule has 0 saturated carbocycles. The fourth-order valence-electron chi connectivity index (χ4n) is 2.06. The molecule has 0 aromatic rings. The standard InChI is InChI=1S/C11H24N2O/c1-10(2)13(4)8-11(7-12-3)5-6-14-9-11/h10,12H,5-9H2,1-4H3. The van der Waals surface area contributed by atoms with Gasteiger partial charge in [0, 0.05) is 31.2 Å². The number of rotatable bonds is 5. The van der Waals surface area contributed by atoms with Crippen LogP contribution in [0.5, 0.6) is 0 Å². The molecule has 1 saturated heterocycles. The molecule has 1 heterocycles. The first-order valence-electron chi connectivity index (χ1n) is 5.52. The average Bonchev–Trinajstić information content (AvgIpc) is 2.54. The van der Waals surface area contributed by atoms with Crippen molar-refractivity contribution < 1.29 is 4.74 Å². The number of nitrogens with zero attached hydrogens (tertiary/aromatic N) is 1. The van der Waals surface area contributed by atoms with Gasteiger partial charge in [0.05, 0.1) is 6.61 Å². The maximum Gasteiger partial charge on any atom is 0.0547 e. The zero-order valence-corrected chi connectivity index (χ0v) is 9.97. The van der Waals surface area contributed by atoms with Crippen LogP contribution in [0.15, 0.2) is 0 Å². The minimum atomic E-state index is 0.341. The summed E-state index contributed by atoms with van der Waals surface area (Å²) in [6, 6.07) is 0.615. The summed E-state index contributed by atoms with van der Waals surface area (Å²) in [4.78, 5) is 2.41. The van der Waals surface area contributed by atoms with E-state index < -0.39 is 0 Å². The van der Waals surface area contributed by atoms with E-state index in [9.17, 15) is 0 Å². The van der Waals surface area contributed by atoms with E-state index in [0.717, 1.165) is 26.3 Å². The van der Waals surface area contributed by atoms with Crippen LogP contribution in [-0.4, -0.2) is 51.3 Å². The molecule has 1 N–H and O–H groups in total. The van der Waals surface area contributed by atoms with Gasteiger partial charge >= 0.3 is 0 Å². The minimum absolute atomic E-state index is 0.341. The lowest BCUT2D eigenvalue weighted by molar-refractivity contribution is 0.109. The molecule has 0 amide bonds. The van der Waals surface area contributed by atoms with Gasteiger partial charge < -0.3 is 15.0 Å². The second-order valence-electron chi connectivity index (χ2n) is 4.84. The first-order chi connectivity index (χ1) is 6.59. The third-order valence-electron chi connectivity index (χ3n) is 3.20. The van der Waals surface area contributed by atoms with E-state index in [2.05, 4.69) is 31.1 Å². The Kier molecular flexibility index (Phi) is 4.35. The maximum atomic E-state index is 5.53. The van der Waals surface area contributed by atoms with Crippen molar-refractivity contribution in [2.24, 2.45) is 5.41 Å². The van der Waals surface area contributed by atoms with Crippen molar-refractivity contribution in [1.29, 1.82) is 0 Å². The predicted molar refractivity (Wildman–Crippen MR) is 59.6 cm³/mol. The van der Waals surface area contributed by atoms with Crippen LogP contribution in [0.3, 0.4) is 0 Å².